The molecule has 0 spiro atoms. The molecule has 0 fully saturated rings. The molecule has 6 heteroatoms. The number of likely N-dealkylation sites (N-methyl/N-ethyl adjacent to an activating group) is 1. The largest absolute Gasteiger partial charge is 0.325 e. The number of benzene rings is 2. The van der Waals surface area contributed by atoms with E-state index in [-0.39, 0.29) is 12.5 Å². The average molecular weight is 387 g/mol. The van der Waals surface area contributed by atoms with Gasteiger partial charge in [0.2, 0.25) is 5.91 Å². The van der Waals surface area contributed by atoms with Crippen LogP contribution in [0.4, 0.5) is 5.69 Å². The van der Waals surface area contributed by atoms with Gasteiger partial charge in [0.05, 0.1) is 30.4 Å². The van der Waals surface area contributed by atoms with Crippen molar-refractivity contribution in [3.63, 3.8) is 0 Å². The second-order valence-corrected chi connectivity index (χ2v) is 7.15. The highest BCUT2D eigenvalue weighted by molar-refractivity contribution is 5.92. The van der Waals surface area contributed by atoms with E-state index in [1.807, 2.05) is 78.2 Å². The molecule has 29 heavy (non-hydrogen) atoms. The van der Waals surface area contributed by atoms with E-state index in [1.54, 1.807) is 0 Å². The molecule has 0 radical (unpaired) electrons. The first-order valence-corrected chi connectivity index (χ1v) is 9.52. The molecule has 0 aliphatic heterocycles. The molecular weight excluding hydrogens is 362 g/mol. The van der Waals surface area contributed by atoms with E-state index in [0.29, 0.717) is 13.0 Å². The van der Waals surface area contributed by atoms with Crippen LogP contribution in [0.25, 0.3) is 5.69 Å². The minimum Gasteiger partial charge on any atom is -0.325 e. The molecule has 0 saturated heterocycles. The van der Waals surface area contributed by atoms with Crippen LogP contribution in [0.15, 0.2) is 54.6 Å². The van der Waals surface area contributed by atoms with Crippen LogP contribution >= 0.6 is 0 Å². The third-order valence-electron chi connectivity index (χ3n) is 4.80. The van der Waals surface area contributed by atoms with Gasteiger partial charge in [-0.2, -0.15) is 10.4 Å². The number of rotatable bonds is 7. The molecule has 0 aliphatic carbocycles. The predicted octanol–water partition coefficient (Wildman–Crippen LogP) is 3.63. The van der Waals surface area contributed by atoms with Gasteiger partial charge >= 0.3 is 0 Å². The highest BCUT2D eigenvalue weighted by Gasteiger charge is 2.16. The molecular formula is C23H25N5O. The number of hydrogen-bond donors (Lipinski definition) is 1. The Bertz CT molecular complexity index is 1020. The lowest BCUT2D eigenvalue weighted by atomic mass is 10.1. The summed E-state index contributed by atoms with van der Waals surface area (Å²) in [4.78, 5) is 14.4. The fourth-order valence-electron chi connectivity index (χ4n) is 3.29. The topological polar surface area (TPSA) is 74.0 Å². The lowest BCUT2D eigenvalue weighted by Crippen LogP contribution is -2.30. The smallest absolute Gasteiger partial charge is 0.238 e. The first kappa shape index (κ1) is 20.3. The van der Waals surface area contributed by atoms with Gasteiger partial charge in [-0.15, -0.1) is 0 Å². The summed E-state index contributed by atoms with van der Waals surface area (Å²) in [5, 5.41) is 16.3. The number of anilines is 1. The SMILES string of the molecule is Cc1nn(-c2ccccc2)c(C)c1CN(C)CC(=O)Nc1ccc(CC#N)cc1. The van der Waals surface area contributed by atoms with E-state index in [0.717, 1.165) is 33.9 Å². The summed E-state index contributed by atoms with van der Waals surface area (Å²) in [7, 11) is 1.92. The van der Waals surface area contributed by atoms with Crippen LogP contribution < -0.4 is 5.32 Å². The normalized spacial score (nSPS) is 10.7. The van der Waals surface area contributed by atoms with E-state index in [2.05, 4.69) is 23.4 Å². The van der Waals surface area contributed by atoms with Crippen molar-refractivity contribution in [2.45, 2.75) is 26.8 Å². The molecule has 148 valence electrons. The van der Waals surface area contributed by atoms with E-state index < -0.39 is 0 Å². The maximum absolute atomic E-state index is 12.4. The minimum absolute atomic E-state index is 0.0775. The van der Waals surface area contributed by atoms with Crippen LogP contribution in [0.2, 0.25) is 0 Å². The van der Waals surface area contributed by atoms with Crippen LogP contribution in [0.1, 0.15) is 22.5 Å². The number of aromatic nitrogens is 2. The summed E-state index contributed by atoms with van der Waals surface area (Å²) in [5.74, 6) is -0.0775. The number of carbonyl (C=O) groups excluding carboxylic acids is 1. The molecule has 1 aromatic heterocycles. The van der Waals surface area contributed by atoms with Gasteiger partial charge in [-0.1, -0.05) is 30.3 Å². The Hall–Kier alpha value is -3.43. The van der Waals surface area contributed by atoms with Crippen molar-refractivity contribution in [2.75, 3.05) is 18.9 Å². The Morgan fingerprint density at radius 1 is 1.14 bits per heavy atom. The van der Waals surface area contributed by atoms with E-state index >= 15 is 0 Å². The molecule has 2 aromatic carbocycles. The van der Waals surface area contributed by atoms with Crippen molar-refractivity contribution in [3.05, 3.63) is 77.1 Å². The summed E-state index contributed by atoms with van der Waals surface area (Å²) in [6.45, 7) is 4.96. The van der Waals surface area contributed by atoms with Crippen LogP contribution in [0, 0.1) is 25.2 Å². The molecule has 6 nitrogen and oxygen atoms in total. The number of aryl methyl sites for hydroxylation is 1. The van der Waals surface area contributed by atoms with Gasteiger partial charge in [-0.05, 0) is 50.7 Å². The number of hydrogen-bond acceptors (Lipinski definition) is 4. The van der Waals surface area contributed by atoms with Gasteiger partial charge in [0.15, 0.2) is 0 Å². The van der Waals surface area contributed by atoms with E-state index in [9.17, 15) is 4.79 Å². The Morgan fingerprint density at radius 3 is 2.48 bits per heavy atom. The summed E-state index contributed by atoms with van der Waals surface area (Å²) < 4.78 is 1.95. The zero-order valence-corrected chi connectivity index (χ0v) is 17.0. The summed E-state index contributed by atoms with van der Waals surface area (Å²) in [5.41, 5.74) is 5.86. The third kappa shape index (κ3) is 5.09. The van der Waals surface area contributed by atoms with Gasteiger partial charge in [0, 0.05) is 23.5 Å². The molecule has 0 bridgehead atoms. The van der Waals surface area contributed by atoms with Crippen molar-refractivity contribution < 1.29 is 4.79 Å². The second-order valence-electron chi connectivity index (χ2n) is 7.15. The third-order valence-corrected chi connectivity index (χ3v) is 4.80. The van der Waals surface area contributed by atoms with E-state index in [1.165, 1.54) is 0 Å². The van der Waals surface area contributed by atoms with Crippen molar-refractivity contribution >= 4 is 11.6 Å². The number of carbonyl (C=O) groups is 1. The standard InChI is InChI=1S/C23H25N5O/c1-17-22(18(2)28(26-17)21-7-5-4-6-8-21)15-27(3)16-23(29)25-20-11-9-19(10-12-20)13-14-24/h4-12H,13,15-16H2,1-3H3,(H,25,29). The van der Waals surface area contributed by atoms with Gasteiger partial charge in [0.25, 0.3) is 0 Å². The first-order valence-electron chi connectivity index (χ1n) is 9.52. The predicted molar refractivity (Wildman–Crippen MR) is 114 cm³/mol. The number of nitriles is 1. The van der Waals surface area contributed by atoms with Crippen molar-refractivity contribution in [3.8, 4) is 11.8 Å². The fraction of sp³-hybridized carbons (Fsp3) is 0.261. The molecule has 0 saturated carbocycles. The van der Waals surface area contributed by atoms with Crippen LogP contribution in [-0.4, -0.2) is 34.2 Å². The first-order chi connectivity index (χ1) is 14.0. The Kier molecular flexibility index (Phi) is 6.43. The lowest BCUT2D eigenvalue weighted by molar-refractivity contribution is -0.117. The molecule has 1 amide bonds. The van der Waals surface area contributed by atoms with Gasteiger partial charge in [-0.3, -0.25) is 9.69 Å². The maximum atomic E-state index is 12.4. The maximum Gasteiger partial charge on any atom is 0.238 e. The second kappa shape index (κ2) is 9.18. The van der Waals surface area contributed by atoms with Gasteiger partial charge in [-0.25, -0.2) is 4.68 Å². The molecule has 3 aromatic rings. The average Bonchev–Trinajstić information content (AvgIpc) is 2.98. The summed E-state index contributed by atoms with van der Waals surface area (Å²) in [6.07, 6.45) is 0.367. The monoisotopic (exact) mass is 387 g/mol. The fourth-order valence-corrected chi connectivity index (χ4v) is 3.29. The quantitative estimate of drug-likeness (QED) is 0.672. The number of amides is 1. The molecule has 1 N–H and O–H groups in total. The minimum atomic E-state index is -0.0775. The number of nitrogens with one attached hydrogen (secondary N) is 1. The number of para-hydroxylation sites is 1. The lowest BCUT2D eigenvalue weighted by Gasteiger charge is -2.17. The summed E-state index contributed by atoms with van der Waals surface area (Å²) in [6, 6.07) is 19.5. The van der Waals surface area contributed by atoms with Crippen molar-refractivity contribution in [1.82, 2.24) is 14.7 Å². The molecule has 3 rings (SSSR count). The highest BCUT2D eigenvalue weighted by Crippen LogP contribution is 2.19. The highest BCUT2D eigenvalue weighted by atomic mass is 16.2. The Morgan fingerprint density at radius 2 is 1.83 bits per heavy atom. The number of nitrogens with zero attached hydrogens (tertiary/aromatic N) is 4. The zero-order chi connectivity index (χ0) is 20.8. The Labute approximate surface area is 171 Å². The van der Waals surface area contributed by atoms with Crippen LogP contribution in [0.5, 0.6) is 0 Å². The van der Waals surface area contributed by atoms with Crippen molar-refractivity contribution in [2.24, 2.45) is 0 Å². The summed E-state index contributed by atoms with van der Waals surface area (Å²) >= 11 is 0. The van der Waals surface area contributed by atoms with Gasteiger partial charge < -0.3 is 5.32 Å². The van der Waals surface area contributed by atoms with Crippen LogP contribution in [-0.2, 0) is 17.8 Å². The zero-order valence-electron chi connectivity index (χ0n) is 17.0. The van der Waals surface area contributed by atoms with Crippen molar-refractivity contribution in [1.29, 1.82) is 5.26 Å². The van der Waals surface area contributed by atoms with Gasteiger partial charge in [0.1, 0.15) is 0 Å². The van der Waals surface area contributed by atoms with Crippen LogP contribution in [0.3, 0.4) is 0 Å². The molecule has 0 aliphatic rings. The molecule has 0 atom stereocenters. The molecule has 0 unspecified atom stereocenters. The Balaban J connectivity index is 1.62. The molecule has 1 heterocycles. The van der Waals surface area contributed by atoms with E-state index in [4.69, 9.17) is 5.26 Å².